The minimum absolute atomic E-state index is 0.741. The second-order valence-electron chi connectivity index (χ2n) is 2.25. The smallest absolute Gasteiger partial charge is 0.0821 e. The molecule has 2 nitrogen and oxygen atoms in total. The largest absolute Gasteiger partial charge is 0.411 e. The molecule has 0 radical (unpaired) electrons. The normalized spacial score (nSPS) is 11.6. The van der Waals surface area contributed by atoms with Gasteiger partial charge in [0.2, 0.25) is 0 Å². The zero-order valence-corrected chi connectivity index (χ0v) is 6.72. The van der Waals surface area contributed by atoms with Gasteiger partial charge in [0, 0.05) is 0 Å². The first-order chi connectivity index (χ1) is 4.76. The standard InChI is InChI=1S/C8H15NO/c1-4-6-8(9-10)7(3)5-2/h10H,3-6H2,1-2H3/b9-8+. The van der Waals surface area contributed by atoms with E-state index in [4.69, 9.17) is 5.21 Å². The number of rotatable bonds is 4. The van der Waals surface area contributed by atoms with Crippen LogP contribution in [-0.4, -0.2) is 10.9 Å². The van der Waals surface area contributed by atoms with Gasteiger partial charge in [0.1, 0.15) is 0 Å². The van der Waals surface area contributed by atoms with Gasteiger partial charge in [-0.15, -0.1) is 0 Å². The Morgan fingerprint density at radius 1 is 1.50 bits per heavy atom. The fourth-order valence-corrected chi connectivity index (χ4v) is 0.738. The molecule has 0 aromatic carbocycles. The first-order valence-electron chi connectivity index (χ1n) is 3.65. The molecule has 0 spiro atoms. The summed E-state index contributed by atoms with van der Waals surface area (Å²) in [6.45, 7) is 7.83. The summed E-state index contributed by atoms with van der Waals surface area (Å²) in [6, 6.07) is 0. The summed E-state index contributed by atoms with van der Waals surface area (Å²) in [5.41, 5.74) is 1.68. The second-order valence-corrected chi connectivity index (χ2v) is 2.25. The van der Waals surface area contributed by atoms with E-state index in [0.29, 0.717) is 0 Å². The van der Waals surface area contributed by atoms with Crippen LogP contribution >= 0.6 is 0 Å². The average Bonchev–Trinajstić information content (AvgIpc) is 1.99. The Kier molecular flexibility index (Phi) is 4.63. The van der Waals surface area contributed by atoms with Crippen molar-refractivity contribution in [2.45, 2.75) is 33.1 Å². The van der Waals surface area contributed by atoms with Crippen molar-refractivity contribution in [2.24, 2.45) is 5.16 Å². The Morgan fingerprint density at radius 2 is 2.10 bits per heavy atom. The van der Waals surface area contributed by atoms with Crippen LogP contribution in [0.25, 0.3) is 0 Å². The van der Waals surface area contributed by atoms with Crippen molar-refractivity contribution >= 4 is 5.71 Å². The van der Waals surface area contributed by atoms with Gasteiger partial charge < -0.3 is 5.21 Å². The van der Waals surface area contributed by atoms with Crippen LogP contribution in [0.1, 0.15) is 33.1 Å². The third kappa shape index (κ3) is 2.67. The predicted molar refractivity (Wildman–Crippen MR) is 43.6 cm³/mol. The fourth-order valence-electron chi connectivity index (χ4n) is 0.738. The molecule has 0 aliphatic carbocycles. The molecule has 0 aromatic heterocycles. The average molecular weight is 141 g/mol. The van der Waals surface area contributed by atoms with Crippen LogP contribution in [0.15, 0.2) is 17.3 Å². The molecule has 0 amide bonds. The van der Waals surface area contributed by atoms with Crippen LogP contribution in [0.4, 0.5) is 0 Å². The van der Waals surface area contributed by atoms with Crippen molar-refractivity contribution in [2.75, 3.05) is 0 Å². The van der Waals surface area contributed by atoms with Gasteiger partial charge >= 0.3 is 0 Å². The van der Waals surface area contributed by atoms with Gasteiger partial charge in [-0.2, -0.15) is 0 Å². The van der Waals surface area contributed by atoms with Crippen molar-refractivity contribution in [3.8, 4) is 0 Å². The Morgan fingerprint density at radius 3 is 2.40 bits per heavy atom. The molecule has 0 bridgehead atoms. The van der Waals surface area contributed by atoms with E-state index < -0.39 is 0 Å². The SMILES string of the molecule is C=C(CC)/C(CCC)=N/O. The number of hydrogen-bond acceptors (Lipinski definition) is 2. The van der Waals surface area contributed by atoms with Crippen molar-refractivity contribution in [1.29, 1.82) is 0 Å². The van der Waals surface area contributed by atoms with Crippen molar-refractivity contribution in [1.82, 2.24) is 0 Å². The lowest BCUT2D eigenvalue weighted by Gasteiger charge is -2.01. The highest BCUT2D eigenvalue weighted by Crippen LogP contribution is 2.05. The lowest BCUT2D eigenvalue weighted by molar-refractivity contribution is 0.317. The molecule has 2 heteroatoms. The molecule has 0 unspecified atom stereocenters. The molecule has 0 saturated heterocycles. The zero-order chi connectivity index (χ0) is 7.98. The fraction of sp³-hybridized carbons (Fsp3) is 0.625. The maximum absolute atomic E-state index is 8.49. The Hall–Kier alpha value is -0.790. The van der Waals surface area contributed by atoms with Gasteiger partial charge in [-0.3, -0.25) is 0 Å². The molecule has 0 fully saturated rings. The minimum atomic E-state index is 0.741. The van der Waals surface area contributed by atoms with Crippen LogP contribution in [-0.2, 0) is 0 Å². The first-order valence-corrected chi connectivity index (χ1v) is 3.65. The summed E-state index contributed by atoms with van der Waals surface area (Å²) in [5, 5.41) is 11.7. The zero-order valence-electron chi connectivity index (χ0n) is 6.72. The molecule has 0 heterocycles. The van der Waals surface area contributed by atoms with Crippen molar-refractivity contribution in [3.05, 3.63) is 12.2 Å². The molecular weight excluding hydrogens is 126 g/mol. The summed E-state index contributed by atoms with van der Waals surface area (Å²) >= 11 is 0. The first kappa shape index (κ1) is 9.21. The second kappa shape index (κ2) is 5.03. The number of oxime groups is 1. The van der Waals surface area contributed by atoms with E-state index in [1.165, 1.54) is 0 Å². The minimum Gasteiger partial charge on any atom is -0.411 e. The van der Waals surface area contributed by atoms with Gasteiger partial charge in [-0.05, 0) is 18.4 Å². The summed E-state index contributed by atoms with van der Waals surface area (Å²) in [6.07, 6.45) is 2.68. The lowest BCUT2D eigenvalue weighted by atomic mass is 10.1. The maximum Gasteiger partial charge on any atom is 0.0821 e. The molecule has 0 atom stereocenters. The molecule has 0 aliphatic rings. The highest BCUT2D eigenvalue weighted by atomic mass is 16.4. The summed E-state index contributed by atoms with van der Waals surface area (Å²) < 4.78 is 0. The topological polar surface area (TPSA) is 32.6 Å². The number of allylic oxidation sites excluding steroid dienone is 1. The maximum atomic E-state index is 8.49. The Balaban J connectivity index is 3.95. The lowest BCUT2D eigenvalue weighted by Crippen LogP contribution is -2.00. The monoisotopic (exact) mass is 141 g/mol. The number of hydrogen-bond donors (Lipinski definition) is 1. The van der Waals surface area contributed by atoms with Crippen LogP contribution in [0.3, 0.4) is 0 Å². The summed E-state index contributed by atoms with van der Waals surface area (Å²) in [4.78, 5) is 0. The third-order valence-electron chi connectivity index (χ3n) is 1.44. The van der Waals surface area contributed by atoms with E-state index in [2.05, 4.69) is 11.7 Å². The third-order valence-corrected chi connectivity index (χ3v) is 1.44. The van der Waals surface area contributed by atoms with Crippen molar-refractivity contribution < 1.29 is 5.21 Å². The summed E-state index contributed by atoms with van der Waals surface area (Å²) in [5.74, 6) is 0. The van der Waals surface area contributed by atoms with E-state index in [0.717, 1.165) is 30.5 Å². The Labute approximate surface area is 62.2 Å². The van der Waals surface area contributed by atoms with E-state index in [1.54, 1.807) is 0 Å². The van der Waals surface area contributed by atoms with Gasteiger partial charge in [0.25, 0.3) is 0 Å². The molecule has 0 rings (SSSR count). The molecule has 0 saturated carbocycles. The molecule has 10 heavy (non-hydrogen) atoms. The van der Waals surface area contributed by atoms with E-state index >= 15 is 0 Å². The highest BCUT2D eigenvalue weighted by Gasteiger charge is 2.00. The van der Waals surface area contributed by atoms with Crippen LogP contribution in [0.2, 0.25) is 0 Å². The van der Waals surface area contributed by atoms with Crippen LogP contribution < -0.4 is 0 Å². The van der Waals surface area contributed by atoms with E-state index in [-0.39, 0.29) is 0 Å². The van der Waals surface area contributed by atoms with Gasteiger partial charge in [-0.25, -0.2) is 0 Å². The molecule has 58 valence electrons. The van der Waals surface area contributed by atoms with E-state index in [1.807, 2.05) is 13.8 Å². The predicted octanol–water partition coefficient (Wildman–Crippen LogP) is 2.58. The van der Waals surface area contributed by atoms with Crippen LogP contribution in [0.5, 0.6) is 0 Å². The quantitative estimate of drug-likeness (QED) is 0.364. The number of nitrogens with zero attached hydrogens (tertiary/aromatic N) is 1. The highest BCUT2D eigenvalue weighted by molar-refractivity contribution is 5.98. The molecular formula is C8H15NO. The molecule has 1 N–H and O–H groups in total. The van der Waals surface area contributed by atoms with E-state index in [9.17, 15) is 0 Å². The molecule has 0 aromatic rings. The van der Waals surface area contributed by atoms with Crippen LogP contribution in [0, 0.1) is 0 Å². The van der Waals surface area contributed by atoms with Gasteiger partial charge in [-0.1, -0.05) is 32.0 Å². The molecule has 0 aliphatic heterocycles. The Bertz CT molecular complexity index is 138. The van der Waals surface area contributed by atoms with Crippen molar-refractivity contribution in [3.63, 3.8) is 0 Å². The van der Waals surface area contributed by atoms with Gasteiger partial charge in [0.15, 0.2) is 0 Å². The van der Waals surface area contributed by atoms with Gasteiger partial charge in [0.05, 0.1) is 5.71 Å². The summed E-state index contributed by atoms with van der Waals surface area (Å²) in [7, 11) is 0.